The zero-order chi connectivity index (χ0) is 31.6. The first-order chi connectivity index (χ1) is 20.8. The topological polar surface area (TPSA) is 20.2 Å². The Hall–Kier alpha value is -2.66. The quantitative estimate of drug-likeness (QED) is 0.206. The molecule has 0 atom stereocenters. The zero-order valence-electron chi connectivity index (χ0n) is 24.8. The van der Waals surface area contributed by atoms with Crippen molar-refractivity contribution in [1.82, 2.24) is 0 Å². The molecular formula is C39H34Br2Cl2O. The van der Waals surface area contributed by atoms with Gasteiger partial charge < -0.3 is 5.11 Å². The molecule has 1 nitrogen and oxygen atoms in total. The number of allylic oxidation sites excluding steroid dienone is 6. The van der Waals surface area contributed by atoms with Crippen molar-refractivity contribution < 1.29 is 5.11 Å². The summed E-state index contributed by atoms with van der Waals surface area (Å²) in [5.74, 6) is 0. The second-order valence-corrected chi connectivity index (χ2v) is 14.7. The standard InChI is InChI=1S/C20H18BrCl.C19H16BrClO/c1-19(15-3-7-17(21)8-4-15)11-13-20(2,14-12-19)16-5-9-18(22)10-6-16;1-18(14-4-8-17(21)9-5-14)10-12-19(22,13-11-18)15-2-6-16(20)7-3-15/h3-14H,1-2H3;2-13,22H,1H3. The first kappa shape index (κ1) is 32.7. The van der Waals surface area contributed by atoms with Gasteiger partial charge in [0.15, 0.2) is 0 Å². The summed E-state index contributed by atoms with van der Waals surface area (Å²) < 4.78 is 2.10. The molecule has 0 amide bonds. The highest BCUT2D eigenvalue weighted by Gasteiger charge is 2.32. The number of benzene rings is 4. The van der Waals surface area contributed by atoms with Crippen LogP contribution in [0.2, 0.25) is 10.0 Å². The van der Waals surface area contributed by atoms with Gasteiger partial charge in [-0.3, -0.25) is 0 Å². The SMILES string of the molecule is CC1(c2ccc(Cl)cc2)C=CC(C)(c2ccc(Br)cc2)C=C1.CC1(c2ccc(Cl)cc2)C=CC(O)(c2ccc(Br)cc2)C=C1. The highest BCUT2D eigenvalue weighted by molar-refractivity contribution is 9.10. The van der Waals surface area contributed by atoms with Crippen molar-refractivity contribution in [3.05, 3.63) is 187 Å². The first-order valence-corrected chi connectivity index (χ1v) is 16.7. The Morgan fingerprint density at radius 1 is 0.409 bits per heavy atom. The summed E-state index contributed by atoms with van der Waals surface area (Å²) in [4.78, 5) is 0. The van der Waals surface area contributed by atoms with Crippen molar-refractivity contribution in [3.63, 3.8) is 0 Å². The van der Waals surface area contributed by atoms with Crippen LogP contribution in [-0.4, -0.2) is 5.11 Å². The number of halogens is 4. The summed E-state index contributed by atoms with van der Waals surface area (Å²) in [6.07, 6.45) is 17.0. The van der Waals surface area contributed by atoms with E-state index >= 15 is 0 Å². The lowest BCUT2D eigenvalue weighted by Gasteiger charge is -2.33. The number of rotatable bonds is 4. The van der Waals surface area contributed by atoms with Crippen molar-refractivity contribution in [2.75, 3.05) is 0 Å². The van der Waals surface area contributed by atoms with Gasteiger partial charge in [0.2, 0.25) is 0 Å². The fraction of sp³-hybridized carbons (Fsp3) is 0.179. The minimum absolute atomic E-state index is 0.0629. The summed E-state index contributed by atoms with van der Waals surface area (Å²) >= 11 is 18.9. The smallest absolute Gasteiger partial charge is 0.126 e. The van der Waals surface area contributed by atoms with Crippen LogP contribution in [-0.2, 0) is 21.8 Å². The molecule has 0 bridgehead atoms. The Bertz CT molecular complexity index is 1430. The average Bonchev–Trinajstić information content (AvgIpc) is 3.02. The molecule has 1 N–H and O–H groups in total. The van der Waals surface area contributed by atoms with Crippen LogP contribution in [0.5, 0.6) is 0 Å². The Labute approximate surface area is 287 Å². The van der Waals surface area contributed by atoms with E-state index in [-0.39, 0.29) is 16.2 Å². The third-order valence-corrected chi connectivity index (χ3v) is 10.2. The van der Waals surface area contributed by atoms with E-state index < -0.39 is 5.60 Å². The third-order valence-electron chi connectivity index (χ3n) is 8.62. The predicted molar refractivity (Wildman–Crippen MR) is 194 cm³/mol. The molecule has 2 aliphatic carbocycles. The van der Waals surface area contributed by atoms with E-state index in [4.69, 9.17) is 23.2 Å². The molecule has 4 aromatic rings. The number of hydrogen-bond donors (Lipinski definition) is 1. The molecule has 0 unspecified atom stereocenters. The molecule has 224 valence electrons. The number of hydrogen-bond acceptors (Lipinski definition) is 1. The van der Waals surface area contributed by atoms with Crippen LogP contribution in [0, 0.1) is 0 Å². The normalized spacial score (nSPS) is 27.1. The lowest BCUT2D eigenvalue weighted by Crippen LogP contribution is -2.28. The van der Waals surface area contributed by atoms with Crippen LogP contribution >= 0.6 is 55.1 Å². The maximum atomic E-state index is 10.8. The van der Waals surface area contributed by atoms with Crippen LogP contribution in [0.1, 0.15) is 43.0 Å². The maximum Gasteiger partial charge on any atom is 0.126 e. The molecule has 0 aromatic heterocycles. The minimum Gasteiger partial charge on any atom is -0.377 e. The van der Waals surface area contributed by atoms with Gasteiger partial charge >= 0.3 is 0 Å². The van der Waals surface area contributed by atoms with Crippen LogP contribution in [0.25, 0.3) is 0 Å². The third kappa shape index (κ3) is 7.25. The summed E-state index contributed by atoms with van der Waals surface area (Å²) in [6, 6.07) is 32.1. The summed E-state index contributed by atoms with van der Waals surface area (Å²) in [6.45, 7) is 6.58. The van der Waals surface area contributed by atoms with E-state index in [0.29, 0.717) is 0 Å². The van der Waals surface area contributed by atoms with Crippen molar-refractivity contribution in [1.29, 1.82) is 0 Å². The Morgan fingerprint density at radius 3 is 0.977 bits per heavy atom. The lowest BCUT2D eigenvalue weighted by molar-refractivity contribution is 0.139. The van der Waals surface area contributed by atoms with Gasteiger partial charge in [-0.2, -0.15) is 0 Å². The summed E-state index contributed by atoms with van der Waals surface area (Å²) in [7, 11) is 0. The van der Waals surface area contributed by atoms with E-state index in [0.717, 1.165) is 30.1 Å². The van der Waals surface area contributed by atoms with Gasteiger partial charge in [-0.15, -0.1) is 0 Å². The fourth-order valence-corrected chi connectivity index (χ4v) is 6.21. The number of aliphatic hydroxyl groups is 1. The highest BCUT2D eigenvalue weighted by atomic mass is 79.9. The first-order valence-electron chi connectivity index (χ1n) is 14.4. The van der Waals surface area contributed by atoms with Gasteiger partial charge in [-0.25, -0.2) is 0 Å². The van der Waals surface area contributed by atoms with Crippen molar-refractivity contribution >= 4 is 55.1 Å². The summed E-state index contributed by atoms with van der Waals surface area (Å²) in [5, 5.41) is 12.3. The molecule has 0 radical (unpaired) electrons. The highest BCUT2D eigenvalue weighted by Crippen LogP contribution is 2.39. The molecule has 0 spiro atoms. The lowest BCUT2D eigenvalue weighted by atomic mass is 9.71. The van der Waals surface area contributed by atoms with Crippen LogP contribution < -0.4 is 0 Å². The molecule has 0 heterocycles. The maximum absolute atomic E-state index is 10.8. The van der Waals surface area contributed by atoms with Crippen molar-refractivity contribution in [2.24, 2.45) is 0 Å². The van der Waals surface area contributed by atoms with Gasteiger partial charge in [-0.1, -0.05) is 140 Å². The molecule has 0 saturated heterocycles. The van der Waals surface area contributed by atoms with Crippen molar-refractivity contribution in [3.8, 4) is 0 Å². The molecule has 44 heavy (non-hydrogen) atoms. The monoisotopic (exact) mass is 746 g/mol. The Kier molecular flexibility index (Phi) is 9.66. The average molecular weight is 749 g/mol. The van der Waals surface area contributed by atoms with Gasteiger partial charge in [0.25, 0.3) is 0 Å². The minimum atomic E-state index is -1.06. The second kappa shape index (κ2) is 13.0. The molecule has 5 heteroatoms. The fourth-order valence-electron chi connectivity index (χ4n) is 5.43. The molecule has 4 aromatic carbocycles. The van der Waals surface area contributed by atoms with Gasteiger partial charge in [-0.05, 0) is 104 Å². The van der Waals surface area contributed by atoms with E-state index in [9.17, 15) is 5.11 Å². The second-order valence-electron chi connectivity index (χ2n) is 12.0. The van der Waals surface area contributed by atoms with Crippen LogP contribution in [0.15, 0.2) is 155 Å². The largest absolute Gasteiger partial charge is 0.377 e. The molecular weight excluding hydrogens is 715 g/mol. The van der Waals surface area contributed by atoms with E-state index in [2.05, 4.69) is 113 Å². The van der Waals surface area contributed by atoms with Gasteiger partial charge in [0.1, 0.15) is 5.60 Å². The molecule has 0 aliphatic heterocycles. The Morgan fingerprint density at radius 2 is 0.659 bits per heavy atom. The zero-order valence-corrected chi connectivity index (χ0v) is 29.5. The van der Waals surface area contributed by atoms with E-state index in [1.165, 1.54) is 11.1 Å². The molecule has 0 saturated carbocycles. The molecule has 6 rings (SSSR count). The van der Waals surface area contributed by atoms with E-state index in [1.54, 1.807) is 0 Å². The van der Waals surface area contributed by atoms with Gasteiger partial charge in [0, 0.05) is 35.2 Å². The van der Waals surface area contributed by atoms with Crippen molar-refractivity contribution in [2.45, 2.75) is 42.6 Å². The van der Waals surface area contributed by atoms with E-state index in [1.807, 2.05) is 85.0 Å². The van der Waals surface area contributed by atoms with Crippen LogP contribution in [0.4, 0.5) is 0 Å². The molecule has 2 aliphatic rings. The van der Waals surface area contributed by atoms with Gasteiger partial charge in [0.05, 0.1) is 0 Å². The summed E-state index contributed by atoms with van der Waals surface area (Å²) in [5.41, 5.74) is 3.08. The predicted octanol–water partition coefficient (Wildman–Crippen LogP) is 11.8. The molecule has 0 fully saturated rings. The van der Waals surface area contributed by atoms with Crippen LogP contribution in [0.3, 0.4) is 0 Å². The Balaban J connectivity index is 0.000000175.